The van der Waals surface area contributed by atoms with Gasteiger partial charge in [-0.2, -0.15) is 5.10 Å². The number of H-pyrrole nitrogens is 1. The maximum Gasteiger partial charge on any atom is 0.277 e. The van der Waals surface area contributed by atoms with Gasteiger partial charge in [0.15, 0.2) is 0 Å². The molecule has 6 nitrogen and oxygen atoms in total. The van der Waals surface area contributed by atoms with Crippen molar-refractivity contribution < 1.29 is 13.6 Å². The minimum atomic E-state index is -0.422. The lowest BCUT2D eigenvalue weighted by molar-refractivity contribution is -0.113. The number of hydrogen-bond donors (Lipinski definition) is 2. The van der Waals surface area contributed by atoms with Gasteiger partial charge in [-0.1, -0.05) is 0 Å². The van der Waals surface area contributed by atoms with Gasteiger partial charge >= 0.3 is 0 Å². The zero-order chi connectivity index (χ0) is 17.3. The van der Waals surface area contributed by atoms with Gasteiger partial charge in [0.05, 0.1) is 16.8 Å². The molecule has 2 aromatic heterocycles. The lowest BCUT2D eigenvalue weighted by atomic mass is 10.2. The number of benzene rings is 1. The van der Waals surface area contributed by atoms with Crippen LogP contribution in [0.1, 0.15) is 11.5 Å². The zero-order valence-electron chi connectivity index (χ0n) is 13.0. The quantitative estimate of drug-likeness (QED) is 0.708. The molecule has 0 aliphatic rings. The number of fused-ring (bicyclic) bond motifs is 1. The van der Waals surface area contributed by atoms with Crippen LogP contribution < -0.4 is 10.9 Å². The molecule has 8 heteroatoms. The predicted octanol–water partition coefficient (Wildman–Crippen LogP) is 3.00. The number of aromatic nitrogens is 2. The van der Waals surface area contributed by atoms with E-state index < -0.39 is 5.56 Å². The van der Waals surface area contributed by atoms with Gasteiger partial charge in [0, 0.05) is 4.90 Å². The van der Waals surface area contributed by atoms with Crippen LogP contribution >= 0.6 is 11.8 Å². The Kier molecular flexibility index (Phi) is 4.39. The molecule has 124 valence electrons. The number of furan rings is 1. The van der Waals surface area contributed by atoms with Crippen LogP contribution in [0.3, 0.4) is 0 Å². The SMILES string of the molecule is Cc1n[nH]c(=O)c2c(NC(=O)CSc3ccc(F)cc3)oc(C)c12. The van der Waals surface area contributed by atoms with E-state index >= 15 is 0 Å². The summed E-state index contributed by atoms with van der Waals surface area (Å²) in [4.78, 5) is 24.9. The van der Waals surface area contributed by atoms with Gasteiger partial charge in [0.1, 0.15) is 17.0 Å². The third-order valence-corrected chi connectivity index (χ3v) is 4.45. The summed E-state index contributed by atoms with van der Waals surface area (Å²) in [6.45, 7) is 3.45. The highest BCUT2D eigenvalue weighted by atomic mass is 32.2. The molecule has 0 aliphatic carbocycles. The molecule has 0 saturated carbocycles. The Bertz CT molecular complexity index is 963. The van der Waals surface area contributed by atoms with Crippen LogP contribution in [0.15, 0.2) is 38.4 Å². The second-order valence-corrected chi connectivity index (χ2v) is 6.22. The fraction of sp³-hybridized carbons (Fsp3) is 0.188. The Hall–Kier alpha value is -2.61. The highest BCUT2D eigenvalue weighted by Crippen LogP contribution is 2.28. The van der Waals surface area contributed by atoms with Crippen LogP contribution in [0.5, 0.6) is 0 Å². The summed E-state index contributed by atoms with van der Waals surface area (Å²) in [7, 11) is 0. The Morgan fingerprint density at radius 2 is 2.00 bits per heavy atom. The third kappa shape index (κ3) is 3.18. The summed E-state index contributed by atoms with van der Waals surface area (Å²) in [5, 5.41) is 9.76. The topological polar surface area (TPSA) is 88.0 Å². The van der Waals surface area contributed by atoms with Crippen LogP contribution in [0.2, 0.25) is 0 Å². The second kappa shape index (κ2) is 6.48. The van der Waals surface area contributed by atoms with Gasteiger partial charge in [0.2, 0.25) is 11.8 Å². The number of hydrogen-bond acceptors (Lipinski definition) is 5. The molecule has 0 fully saturated rings. The summed E-state index contributed by atoms with van der Waals surface area (Å²) < 4.78 is 18.4. The average molecular weight is 347 g/mol. The predicted molar refractivity (Wildman–Crippen MR) is 89.9 cm³/mol. The highest BCUT2D eigenvalue weighted by molar-refractivity contribution is 8.00. The number of amides is 1. The molecule has 0 aliphatic heterocycles. The standard InChI is InChI=1S/C16H14FN3O3S/c1-8-13-9(2)23-16(14(13)15(22)20-19-8)18-12(21)7-24-11-5-3-10(17)4-6-11/h3-6H,7H2,1-2H3,(H,18,21)(H,20,22). The Morgan fingerprint density at radius 1 is 1.29 bits per heavy atom. The molecule has 3 aromatic rings. The Morgan fingerprint density at radius 3 is 2.71 bits per heavy atom. The van der Waals surface area contributed by atoms with Crippen molar-refractivity contribution in [3.8, 4) is 0 Å². The van der Waals surface area contributed by atoms with Gasteiger partial charge in [-0.05, 0) is 38.1 Å². The van der Waals surface area contributed by atoms with Crippen LogP contribution in [0.25, 0.3) is 10.8 Å². The first kappa shape index (κ1) is 16.3. The number of halogens is 1. The van der Waals surface area contributed by atoms with E-state index in [0.29, 0.717) is 16.8 Å². The lowest BCUT2D eigenvalue weighted by Crippen LogP contribution is -2.16. The van der Waals surface area contributed by atoms with Gasteiger partial charge in [-0.3, -0.25) is 14.9 Å². The maximum absolute atomic E-state index is 12.9. The minimum absolute atomic E-state index is 0.106. The molecule has 3 rings (SSSR count). The van der Waals surface area contributed by atoms with Crippen LogP contribution in [0.4, 0.5) is 10.3 Å². The van der Waals surface area contributed by atoms with E-state index in [1.165, 1.54) is 23.9 Å². The summed E-state index contributed by atoms with van der Waals surface area (Å²) in [5.41, 5.74) is 0.195. The number of carbonyl (C=O) groups excluding carboxylic acids is 1. The molecule has 2 N–H and O–H groups in total. The first-order chi connectivity index (χ1) is 11.5. The smallest absolute Gasteiger partial charge is 0.277 e. The van der Waals surface area contributed by atoms with E-state index in [9.17, 15) is 14.0 Å². The largest absolute Gasteiger partial charge is 0.444 e. The summed E-state index contributed by atoms with van der Waals surface area (Å²) >= 11 is 1.26. The minimum Gasteiger partial charge on any atom is -0.444 e. The van der Waals surface area contributed by atoms with Gasteiger partial charge in [-0.15, -0.1) is 11.8 Å². The maximum atomic E-state index is 12.9. The van der Waals surface area contributed by atoms with Crippen molar-refractivity contribution in [1.82, 2.24) is 10.2 Å². The number of nitrogens with one attached hydrogen (secondary N) is 2. The monoisotopic (exact) mass is 347 g/mol. The number of nitrogens with zero attached hydrogens (tertiary/aromatic N) is 1. The van der Waals surface area contributed by atoms with Crippen molar-refractivity contribution in [3.05, 3.63) is 51.9 Å². The molecular formula is C16H14FN3O3S. The van der Waals surface area contributed by atoms with Crippen LogP contribution in [0, 0.1) is 19.7 Å². The normalized spacial score (nSPS) is 11.0. The second-order valence-electron chi connectivity index (χ2n) is 5.17. The fourth-order valence-corrected chi connectivity index (χ4v) is 3.07. The Labute approximate surface area is 140 Å². The van der Waals surface area contributed by atoms with E-state index in [1.807, 2.05) is 0 Å². The molecule has 0 radical (unpaired) electrons. The molecular weight excluding hydrogens is 333 g/mol. The summed E-state index contributed by atoms with van der Waals surface area (Å²) in [6, 6.07) is 5.86. The first-order valence-corrected chi connectivity index (χ1v) is 8.11. The van der Waals surface area contributed by atoms with E-state index in [2.05, 4.69) is 15.5 Å². The molecule has 0 spiro atoms. The number of thioether (sulfide) groups is 1. The van der Waals surface area contributed by atoms with Gasteiger partial charge in [0.25, 0.3) is 5.56 Å². The molecule has 0 unspecified atom stereocenters. The number of aromatic amines is 1. The number of aryl methyl sites for hydroxylation is 2. The molecule has 1 amide bonds. The van der Waals surface area contributed by atoms with Crippen molar-refractivity contribution >= 4 is 34.3 Å². The number of carbonyl (C=O) groups is 1. The molecule has 0 atom stereocenters. The van der Waals surface area contributed by atoms with Crippen molar-refractivity contribution in [2.45, 2.75) is 18.7 Å². The van der Waals surface area contributed by atoms with Crippen LogP contribution in [-0.4, -0.2) is 21.9 Å². The van der Waals surface area contributed by atoms with E-state index in [4.69, 9.17) is 4.42 Å². The molecule has 24 heavy (non-hydrogen) atoms. The van der Waals surface area contributed by atoms with Gasteiger partial charge < -0.3 is 4.42 Å². The van der Waals surface area contributed by atoms with Crippen molar-refractivity contribution in [3.63, 3.8) is 0 Å². The third-order valence-electron chi connectivity index (χ3n) is 3.43. The molecule has 1 aromatic carbocycles. The Balaban J connectivity index is 1.77. The highest BCUT2D eigenvalue weighted by Gasteiger charge is 2.18. The number of rotatable bonds is 4. The zero-order valence-corrected chi connectivity index (χ0v) is 13.8. The van der Waals surface area contributed by atoms with Crippen molar-refractivity contribution in [2.75, 3.05) is 11.1 Å². The first-order valence-electron chi connectivity index (χ1n) is 7.12. The van der Waals surface area contributed by atoms with E-state index in [0.717, 1.165) is 4.90 Å². The van der Waals surface area contributed by atoms with Crippen molar-refractivity contribution in [1.29, 1.82) is 0 Å². The lowest BCUT2D eigenvalue weighted by Gasteiger charge is -2.03. The molecule has 0 bridgehead atoms. The molecule has 2 heterocycles. The van der Waals surface area contributed by atoms with Crippen molar-refractivity contribution in [2.24, 2.45) is 0 Å². The molecule has 0 saturated heterocycles. The number of anilines is 1. The average Bonchev–Trinajstić information content (AvgIpc) is 2.88. The summed E-state index contributed by atoms with van der Waals surface area (Å²) in [5.74, 6) is 0.0781. The fourth-order valence-electron chi connectivity index (χ4n) is 2.37. The van der Waals surface area contributed by atoms with Crippen LogP contribution in [-0.2, 0) is 4.79 Å². The van der Waals surface area contributed by atoms with Gasteiger partial charge in [-0.25, -0.2) is 9.49 Å². The summed E-state index contributed by atoms with van der Waals surface area (Å²) in [6.07, 6.45) is 0. The van der Waals surface area contributed by atoms with E-state index in [-0.39, 0.29) is 28.7 Å². The van der Waals surface area contributed by atoms with E-state index in [1.54, 1.807) is 26.0 Å².